The lowest BCUT2D eigenvalue weighted by Crippen LogP contribution is -2.32. The monoisotopic (exact) mass is 276 g/mol. The van der Waals surface area contributed by atoms with Crippen molar-refractivity contribution < 1.29 is 18.4 Å². The Bertz CT molecular complexity index is 466. The van der Waals surface area contributed by atoms with E-state index < -0.39 is 19.0 Å². The van der Waals surface area contributed by atoms with E-state index in [9.17, 15) is 18.4 Å². The summed E-state index contributed by atoms with van der Waals surface area (Å²) in [5, 5.41) is 4.49. The van der Waals surface area contributed by atoms with Crippen molar-refractivity contribution >= 4 is 29.1 Å². The minimum absolute atomic E-state index is 0.189. The van der Waals surface area contributed by atoms with Crippen LogP contribution >= 0.6 is 11.6 Å². The van der Waals surface area contributed by atoms with Gasteiger partial charge in [-0.15, -0.1) is 0 Å². The molecule has 1 rings (SSSR count). The zero-order valence-electron chi connectivity index (χ0n) is 9.47. The summed E-state index contributed by atoms with van der Waals surface area (Å²) in [6.07, 6.45) is -2.61. The third kappa shape index (κ3) is 4.29. The first-order valence-corrected chi connectivity index (χ1v) is 5.41. The third-order valence-electron chi connectivity index (χ3n) is 2.02. The number of benzene rings is 1. The lowest BCUT2D eigenvalue weighted by Gasteiger charge is -2.08. The minimum atomic E-state index is -2.61. The summed E-state index contributed by atoms with van der Waals surface area (Å²) in [4.78, 5) is 22.3. The highest BCUT2D eigenvalue weighted by molar-refractivity contribution is 6.34. The van der Waals surface area contributed by atoms with Crippen LogP contribution in [0.1, 0.15) is 17.3 Å². The van der Waals surface area contributed by atoms with E-state index in [0.29, 0.717) is 11.3 Å². The maximum atomic E-state index is 11.8. The number of hydrogen-bond acceptors (Lipinski definition) is 2. The summed E-state index contributed by atoms with van der Waals surface area (Å²) in [5.74, 6) is -0.200. The predicted molar refractivity (Wildman–Crippen MR) is 64.5 cm³/mol. The van der Waals surface area contributed by atoms with Crippen molar-refractivity contribution in [1.82, 2.24) is 5.32 Å². The van der Waals surface area contributed by atoms with Crippen LogP contribution in [-0.2, 0) is 0 Å². The molecule has 0 spiro atoms. The summed E-state index contributed by atoms with van der Waals surface area (Å²) in [5.41, 5.74) is 0.645. The molecule has 0 heterocycles. The molecule has 0 aliphatic heterocycles. The molecule has 4 nitrogen and oxygen atoms in total. The van der Waals surface area contributed by atoms with Gasteiger partial charge in [0.25, 0.3) is 6.43 Å². The second-order valence-corrected chi connectivity index (χ2v) is 3.88. The number of halogens is 3. The van der Waals surface area contributed by atoms with Crippen LogP contribution in [0.15, 0.2) is 18.2 Å². The highest BCUT2D eigenvalue weighted by Crippen LogP contribution is 2.21. The molecule has 0 radical (unpaired) electrons. The molecule has 0 bridgehead atoms. The van der Waals surface area contributed by atoms with Gasteiger partial charge in [0.15, 0.2) is 5.78 Å². The van der Waals surface area contributed by atoms with Gasteiger partial charge in [-0.05, 0) is 25.1 Å². The van der Waals surface area contributed by atoms with Gasteiger partial charge < -0.3 is 10.6 Å². The number of alkyl halides is 2. The van der Waals surface area contributed by atoms with Gasteiger partial charge in [-0.25, -0.2) is 13.6 Å². The quantitative estimate of drug-likeness (QED) is 0.831. The van der Waals surface area contributed by atoms with Gasteiger partial charge in [-0.2, -0.15) is 0 Å². The first kappa shape index (κ1) is 14.4. The lowest BCUT2D eigenvalue weighted by molar-refractivity contribution is 0.101. The highest BCUT2D eigenvalue weighted by Gasteiger charge is 2.09. The molecule has 0 aromatic heterocycles. The predicted octanol–water partition coefficient (Wildman–Crippen LogP) is 2.93. The van der Waals surface area contributed by atoms with Crippen molar-refractivity contribution in [1.29, 1.82) is 0 Å². The van der Waals surface area contributed by atoms with Crippen molar-refractivity contribution in [3.05, 3.63) is 28.8 Å². The molecule has 1 aromatic rings. The summed E-state index contributed by atoms with van der Waals surface area (Å²) in [6.45, 7) is 0.634. The maximum Gasteiger partial charge on any atom is 0.319 e. The standard InChI is InChI=1S/C11H11ClF2N2O2/c1-6(17)8-3-2-7(4-9(8)12)16-11(18)15-5-10(13)14/h2-4,10H,5H2,1H3,(H2,15,16,18). The van der Waals surface area contributed by atoms with Crippen LogP contribution in [0, 0.1) is 0 Å². The van der Waals surface area contributed by atoms with Crippen molar-refractivity contribution in [2.24, 2.45) is 0 Å². The van der Waals surface area contributed by atoms with E-state index in [1.807, 2.05) is 5.32 Å². The van der Waals surface area contributed by atoms with Gasteiger partial charge in [0.1, 0.15) is 0 Å². The molecule has 2 amide bonds. The van der Waals surface area contributed by atoms with Gasteiger partial charge in [0.2, 0.25) is 0 Å². The van der Waals surface area contributed by atoms with Crippen LogP contribution in [0.5, 0.6) is 0 Å². The van der Waals surface area contributed by atoms with E-state index in [0.717, 1.165) is 0 Å². The fraction of sp³-hybridized carbons (Fsp3) is 0.273. The zero-order chi connectivity index (χ0) is 13.7. The Hall–Kier alpha value is -1.69. The topological polar surface area (TPSA) is 58.2 Å². The molecule has 7 heteroatoms. The van der Waals surface area contributed by atoms with Crippen LogP contribution in [0.2, 0.25) is 5.02 Å². The number of carbonyl (C=O) groups excluding carboxylic acids is 2. The average Bonchev–Trinajstić information content (AvgIpc) is 2.26. The smallest absolute Gasteiger partial charge is 0.319 e. The van der Waals surface area contributed by atoms with E-state index in [2.05, 4.69) is 5.32 Å². The molecule has 0 aliphatic carbocycles. The Morgan fingerprint density at radius 1 is 1.39 bits per heavy atom. The Balaban J connectivity index is 2.66. The van der Waals surface area contributed by atoms with Gasteiger partial charge in [0.05, 0.1) is 11.6 Å². The molecule has 98 valence electrons. The number of hydrogen-bond donors (Lipinski definition) is 2. The first-order chi connectivity index (χ1) is 8.40. The van der Waals surface area contributed by atoms with Gasteiger partial charge >= 0.3 is 6.03 Å². The van der Waals surface area contributed by atoms with Crippen LogP contribution in [0.3, 0.4) is 0 Å². The number of nitrogens with one attached hydrogen (secondary N) is 2. The fourth-order valence-electron chi connectivity index (χ4n) is 1.22. The second-order valence-electron chi connectivity index (χ2n) is 3.48. The van der Waals surface area contributed by atoms with E-state index in [1.54, 1.807) is 0 Å². The summed E-state index contributed by atoms with van der Waals surface area (Å²) < 4.78 is 23.7. The Labute approximate surface area is 107 Å². The number of rotatable bonds is 4. The number of Topliss-reactive ketones (excluding diaryl/α,β-unsaturated/α-hetero) is 1. The maximum absolute atomic E-state index is 11.8. The van der Waals surface area contributed by atoms with Crippen LogP contribution in [0.25, 0.3) is 0 Å². The normalized spacial score (nSPS) is 10.3. The van der Waals surface area contributed by atoms with Crippen molar-refractivity contribution in [3.63, 3.8) is 0 Å². The Morgan fingerprint density at radius 2 is 2.06 bits per heavy atom. The molecule has 0 saturated heterocycles. The molecular formula is C11H11ClF2N2O2. The van der Waals surface area contributed by atoms with E-state index in [-0.39, 0.29) is 10.8 Å². The fourth-order valence-corrected chi connectivity index (χ4v) is 1.54. The number of amides is 2. The van der Waals surface area contributed by atoms with Crippen LogP contribution in [0.4, 0.5) is 19.3 Å². The molecule has 0 atom stereocenters. The minimum Gasteiger partial charge on any atom is -0.332 e. The Kier molecular flexibility index (Phi) is 5.03. The first-order valence-electron chi connectivity index (χ1n) is 5.03. The van der Waals surface area contributed by atoms with E-state index in [1.165, 1.54) is 25.1 Å². The van der Waals surface area contributed by atoms with Gasteiger partial charge in [0, 0.05) is 11.3 Å². The van der Waals surface area contributed by atoms with E-state index in [4.69, 9.17) is 11.6 Å². The summed E-state index contributed by atoms with van der Waals surface area (Å²) in [7, 11) is 0. The van der Waals surface area contributed by atoms with Gasteiger partial charge in [-0.3, -0.25) is 4.79 Å². The second kappa shape index (κ2) is 6.30. The van der Waals surface area contributed by atoms with E-state index >= 15 is 0 Å². The number of anilines is 1. The molecule has 0 unspecified atom stereocenters. The molecule has 0 aliphatic rings. The van der Waals surface area contributed by atoms with Gasteiger partial charge in [-0.1, -0.05) is 11.6 Å². The molecule has 0 fully saturated rings. The Morgan fingerprint density at radius 3 is 2.56 bits per heavy atom. The molecule has 18 heavy (non-hydrogen) atoms. The summed E-state index contributed by atoms with van der Waals surface area (Å²) in [6, 6.07) is 3.53. The largest absolute Gasteiger partial charge is 0.332 e. The van der Waals surface area contributed by atoms with Crippen LogP contribution < -0.4 is 10.6 Å². The third-order valence-corrected chi connectivity index (χ3v) is 2.34. The lowest BCUT2D eigenvalue weighted by atomic mass is 10.1. The molecular weight excluding hydrogens is 266 g/mol. The number of urea groups is 1. The van der Waals surface area contributed by atoms with Crippen molar-refractivity contribution in [3.8, 4) is 0 Å². The number of carbonyl (C=O) groups is 2. The molecule has 0 saturated carbocycles. The number of ketones is 1. The SMILES string of the molecule is CC(=O)c1ccc(NC(=O)NCC(F)F)cc1Cl. The van der Waals surface area contributed by atoms with Crippen molar-refractivity contribution in [2.45, 2.75) is 13.3 Å². The molecule has 1 aromatic carbocycles. The van der Waals surface area contributed by atoms with Crippen LogP contribution in [-0.4, -0.2) is 24.8 Å². The zero-order valence-corrected chi connectivity index (χ0v) is 10.2. The molecule has 2 N–H and O–H groups in total. The highest BCUT2D eigenvalue weighted by atomic mass is 35.5. The average molecular weight is 277 g/mol. The summed E-state index contributed by atoms with van der Waals surface area (Å²) >= 11 is 5.82. The van der Waals surface area contributed by atoms with Crippen molar-refractivity contribution in [2.75, 3.05) is 11.9 Å².